The Morgan fingerprint density at radius 1 is 0.889 bits per heavy atom. The smallest absolute Gasteiger partial charge is 0.312 e. The first-order valence-electron chi connectivity index (χ1n) is 10.7. The first-order valence-corrected chi connectivity index (χ1v) is 10.7. The summed E-state index contributed by atoms with van der Waals surface area (Å²) in [6, 6.07) is 9.77. The number of phenolic OH excluding ortho intramolecular Hbond substituents is 3. The molecule has 0 amide bonds. The van der Waals surface area contributed by atoms with Crippen molar-refractivity contribution in [1.82, 2.24) is 0 Å². The lowest BCUT2D eigenvalue weighted by Gasteiger charge is -2.27. The third-order valence-corrected chi connectivity index (χ3v) is 6.12. The second-order valence-corrected chi connectivity index (χ2v) is 8.16. The van der Waals surface area contributed by atoms with E-state index < -0.39 is 40.3 Å². The molecule has 0 saturated heterocycles. The summed E-state index contributed by atoms with van der Waals surface area (Å²) in [5.41, 5.74) is -0.109. The van der Waals surface area contributed by atoms with Gasteiger partial charge in [0.2, 0.25) is 11.2 Å². The molecule has 10 heteroatoms. The van der Waals surface area contributed by atoms with Gasteiger partial charge in [-0.25, -0.2) is 0 Å². The normalized spacial score (nSPS) is 14.8. The van der Waals surface area contributed by atoms with Crippen LogP contribution in [-0.4, -0.2) is 40.6 Å². The number of benzene rings is 3. The van der Waals surface area contributed by atoms with Crippen molar-refractivity contribution < 1.29 is 43.8 Å². The molecule has 1 aliphatic heterocycles. The SMILES string of the molecule is COc1ccc([C@@H]2CC(=O)Oc3cc(O)c4c(=O)c(O)c(-c5ccc(O)c(O)c5)oc4c32)c(OC)c1. The predicted octanol–water partition coefficient (Wildman–Crippen LogP) is 3.74. The molecule has 36 heavy (non-hydrogen) atoms. The first kappa shape index (κ1) is 22.9. The van der Waals surface area contributed by atoms with Gasteiger partial charge >= 0.3 is 5.97 Å². The molecule has 0 bridgehead atoms. The highest BCUT2D eigenvalue weighted by molar-refractivity contribution is 5.94. The van der Waals surface area contributed by atoms with Gasteiger partial charge in [0, 0.05) is 34.7 Å². The average molecular weight is 492 g/mol. The topological polar surface area (TPSA) is 156 Å². The number of carbonyl (C=O) groups is 1. The minimum absolute atomic E-state index is 0.0209. The summed E-state index contributed by atoms with van der Waals surface area (Å²) in [6.07, 6.45) is -0.129. The highest BCUT2D eigenvalue weighted by atomic mass is 16.5. The van der Waals surface area contributed by atoms with E-state index in [0.717, 1.165) is 12.1 Å². The zero-order valence-corrected chi connectivity index (χ0v) is 19.1. The van der Waals surface area contributed by atoms with Crippen LogP contribution in [-0.2, 0) is 4.79 Å². The maximum absolute atomic E-state index is 13.2. The average Bonchev–Trinajstić information content (AvgIpc) is 2.86. The standard InChI is InChI=1S/C26H20O10/c1-33-12-4-5-13(18(8-12)34-2)14-9-20(30)35-19-10-17(29)22-23(31)24(32)25(36-26(22)21(14)19)11-3-6-15(27)16(28)7-11/h3-8,10,14,27-29,32H,9H2,1-2H3/t14-/m0/s1. The molecule has 0 fully saturated rings. The minimum atomic E-state index is -0.934. The zero-order valence-electron chi connectivity index (χ0n) is 19.1. The number of phenols is 3. The highest BCUT2D eigenvalue weighted by Crippen LogP contribution is 2.49. The number of ether oxygens (including phenoxy) is 3. The number of rotatable bonds is 4. The van der Waals surface area contributed by atoms with Gasteiger partial charge in [0.25, 0.3) is 0 Å². The molecule has 0 radical (unpaired) electrons. The molecular formula is C26H20O10. The molecule has 0 saturated carbocycles. The molecule has 0 aliphatic carbocycles. The molecule has 2 heterocycles. The summed E-state index contributed by atoms with van der Waals surface area (Å²) in [5.74, 6) is -2.95. The fourth-order valence-corrected chi connectivity index (χ4v) is 4.41. The number of hydrogen-bond donors (Lipinski definition) is 4. The van der Waals surface area contributed by atoms with Crippen molar-refractivity contribution in [3.05, 3.63) is 63.8 Å². The predicted molar refractivity (Wildman–Crippen MR) is 126 cm³/mol. The van der Waals surface area contributed by atoms with Gasteiger partial charge in [-0.2, -0.15) is 0 Å². The van der Waals surface area contributed by atoms with E-state index in [9.17, 15) is 30.0 Å². The van der Waals surface area contributed by atoms with Crippen LogP contribution in [0.1, 0.15) is 23.5 Å². The van der Waals surface area contributed by atoms with Crippen LogP contribution in [0, 0.1) is 0 Å². The van der Waals surface area contributed by atoms with Crippen molar-refractivity contribution in [3.63, 3.8) is 0 Å². The Kier molecular flexibility index (Phi) is 5.36. The molecule has 4 aromatic rings. The summed E-state index contributed by atoms with van der Waals surface area (Å²) in [4.78, 5) is 25.7. The van der Waals surface area contributed by atoms with Crippen LogP contribution in [0.4, 0.5) is 0 Å². The van der Waals surface area contributed by atoms with E-state index in [1.54, 1.807) is 18.2 Å². The summed E-state index contributed by atoms with van der Waals surface area (Å²) >= 11 is 0. The van der Waals surface area contributed by atoms with Crippen LogP contribution in [0.5, 0.6) is 40.2 Å². The van der Waals surface area contributed by atoms with Crippen LogP contribution in [0.15, 0.2) is 51.7 Å². The summed E-state index contributed by atoms with van der Waals surface area (Å²) in [5, 5.41) is 40.5. The van der Waals surface area contributed by atoms with E-state index in [4.69, 9.17) is 18.6 Å². The fraction of sp³-hybridized carbons (Fsp3) is 0.154. The molecule has 1 atom stereocenters. The van der Waals surface area contributed by atoms with Crippen LogP contribution < -0.4 is 19.6 Å². The Labute approximate surface area is 203 Å². The van der Waals surface area contributed by atoms with Crippen LogP contribution in [0.25, 0.3) is 22.3 Å². The van der Waals surface area contributed by atoms with Crippen molar-refractivity contribution in [2.75, 3.05) is 14.2 Å². The van der Waals surface area contributed by atoms with Gasteiger partial charge in [-0.1, -0.05) is 6.07 Å². The largest absolute Gasteiger partial charge is 0.507 e. The molecule has 0 unspecified atom stereocenters. The summed E-state index contributed by atoms with van der Waals surface area (Å²) in [7, 11) is 2.96. The fourth-order valence-electron chi connectivity index (χ4n) is 4.41. The molecule has 4 N–H and O–H groups in total. The van der Waals surface area contributed by atoms with E-state index in [-0.39, 0.29) is 40.0 Å². The monoisotopic (exact) mass is 492 g/mol. The molecule has 0 spiro atoms. The molecule has 1 aliphatic rings. The van der Waals surface area contributed by atoms with Gasteiger partial charge in [0.05, 0.1) is 20.6 Å². The molecular weight excluding hydrogens is 472 g/mol. The quantitative estimate of drug-likeness (QED) is 0.188. The number of hydrogen-bond acceptors (Lipinski definition) is 10. The molecule has 10 nitrogen and oxygen atoms in total. The van der Waals surface area contributed by atoms with Crippen LogP contribution in [0.3, 0.4) is 0 Å². The molecule has 184 valence electrons. The Morgan fingerprint density at radius 2 is 1.67 bits per heavy atom. The van der Waals surface area contributed by atoms with Gasteiger partial charge in [-0.3, -0.25) is 9.59 Å². The zero-order chi connectivity index (χ0) is 25.7. The summed E-state index contributed by atoms with van der Waals surface area (Å²) < 4.78 is 22.1. The van der Waals surface area contributed by atoms with E-state index >= 15 is 0 Å². The summed E-state index contributed by atoms with van der Waals surface area (Å²) in [6.45, 7) is 0. The van der Waals surface area contributed by atoms with Crippen molar-refractivity contribution in [2.24, 2.45) is 0 Å². The lowest BCUT2D eigenvalue weighted by Crippen LogP contribution is -2.22. The Balaban J connectivity index is 1.85. The van der Waals surface area contributed by atoms with Crippen LogP contribution >= 0.6 is 0 Å². The third kappa shape index (κ3) is 3.50. The number of methoxy groups -OCH3 is 2. The van der Waals surface area contributed by atoms with Gasteiger partial charge in [0.15, 0.2) is 17.3 Å². The van der Waals surface area contributed by atoms with Gasteiger partial charge in [-0.15, -0.1) is 0 Å². The third-order valence-electron chi connectivity index (χ3n) is 6.12. The van der Waals surface area contributed by atoms with Crippen molar-refractivity contribution in [3.8, 4) is 51.6 Å². The number of fused-ring (bicyclic) bond motifs is 3. The molecule has 3 aromatic carbocycles. The van der Waals surface area contributed by atoms with Crippen LogP contribution in [0.2, 0.25) is 0 Å². The lowest BCUT2D eigenvalue weighted by atomic mass is 9.84. The minimum Gasteiger partial charge on any atom is -0.507 e. The van der Waals surface area contributed by atoms with E-state index in [1.165, 1.54) is 26.4 Å². The second-order valence-electron chi connectivity index (χ2n) is 8.16. The molecule has 5 rings (SSSR count). The molecule has 1 aromatic heterocycles. The Bertz CT molecular complexity index is 1600. The Hall–Kier alpha value is -4.86. The maximum Gasteiger partial charge on any atom is 0.312 e. The maximum atomic E-state index is 13.2. The van der Waals surface area contributed by atoms with Gasteiger partial charge in [0.1, 0.15) is 34.0 Å². The number of esters is 1. The lowest BCUT2D eigenvalue weighted by molar-refractivity contribution is -0.135. The van der Waals surface area contributed by atoms with E-state index in [2.05, 4.69) is 0 Å². The van der Waals surface area contributed by atoms with Gasteiger partial charge < -0.3 is 39.1 Å². The van der Waals surface area contributed by atoms with Crippen molar-refractivity contribution >= 4 is 16.9 Å². The van der Waals surface area contributed by atoms with Crippen molar-refractivity contribution in [2.45, 2.75) is 12.3 Å². The Morgan fingerprint density at radius 3 is 2.36 bits per heavy atom. The van der Waals surface area contributed by atoms with Crippen molar-refractivity contribution in [1.29, 1.82) is 0 Å². The number of aromatic hydroxyl groups is 4. The number of carbonyl (C=O) groups excluding carboxylic acids is 1. The van der Waals surface area contributed by atoms with E-state index in [0.29, 0.717) is 17.1 Å². The first-order chi connectivity index (χ1) is 17.2. The van der Waals surface area contributed by atoms with E-state index in [1.807, 2.05) is 0 Å². The van der Waals surface area contributed by atoms with Gasteiger partial charge in [-0.05, 0) is 24.3 Å². The highest BCUT2D eigenvalue weighted by Gasteiger charge is 2.36. The second kappa shape index (κ2) is 8.42.